The maximum absolute atomic E-state index is 12.3. The topological polar surface area (TPSA) is 69.6 Å². The number of carboxylic acids is 1. The van der Waals surface area contributed by atoms with E-state index in [0.717, 1.165) is 15.7 Å². The third-order valence-electron chi connectivity index (χ3n) is 4.28. The Bertz CT molecular complexity index is 576. The summed E-state index contributed by atoms with van der Waals surface area (Å²) in [6.07, 6.45) is 1.03. The van der Waals surface area contributed by atoms with Gasteiger partial charge in [0.05, 0.1) is 5.41 Å². The van der Waals surface area contributed by atoms with Crippen LogP contribution in [-0.2, 0) is 4.79 Å². The molecule has 1 atom stereocenters. The predicted octanol–water partition coefficient (Wildman–Crippen LogP) is 3.48. The molecule has 0 radical (unpaired) electrons. The van der Waals surface area contributed by atoms with E-state index in [0.29, 0.717) is 19.4 Å². The number of urea groups is 1. The summed E-state index contributed by atoms with van der Waals surface area (Å²) in [7, 11) is 0. The number of halogens is 1. The van der Waals surface area contributed by atoms with E-state index in [9.17, 15) is 14.7 Å². The van der Waals surface area contributed by atoms with Crippen LogP contribution in [-0.4, -0.2) is 35.1 Å². The van der Waals surface area contributed by atoms with Gasteiger partial charge in [-0.15, -0.1) is 0 Å². The van der Waals surface area contributed by atoms with Gasteiger partial charge in [-0.1, -0.05) is 28.9 Å². The maximum atomic E-state index is 12.3. The fourth-order valence-corrected chi connectivity index (χ4v) is 2.96. The van der Waals surface area contributed by atoms with Gasteiger partial charge in [-0.3, -0.25) is 4.79 Å². The molecule has 1 unspecified atom stereocenters. The van der Waals surface area contributed by atoms with Crippen molar-refractivity contribution in [2.45, 2.75) is 26.7 Å². The van der Waals surface area contributed by atoms with Crippen molar-refractivity contribution in [1.29, 1.82) is 0 Å². The van der Waals surface area contributed by atoms with Gasteiger partial charge < -0.3 is 15.3 Å². The average Bonchev–Trinajstić information content (AvgIpc) is 2.90. The molecule has 1 fully saturated rings. The van der Waals surface area contributed by atoms with Crippen LogP contribution in [0.4, 0.5) is 10.5 Å². The van der Waals surface area contributed by atoms with Gasteiger partial charge in [-0.05, 0) is 37.5 Å². The number of likely N-dealkylation sites (tertiary alicyclic amines) is 1. The summed E-state index contributed by atoms with van der Waals surface area (Å²) in [6, 6.07) is 5.35. The largest absolute Gasteiger partial charge is 0.481 e. The lowest BCUT2D eigenvalue weighted by atomic mass is 9.84. The fraction of sp³-hybridized carbons (Fsp3) is 0.467. The highest BCUT2D eigenvalue weighted by atomic mass is 79.9. The zero-order chi connectivity index (χ0) is 15.6. The molecular formula is C15H19BrN2O3. The van der Waals surface area contributed by atoms with Crippen LogP contribution in [0, 0.1) is 12.3 Å². The van der Waals surface area contributed by atoms with E-state index in [2.05, 4.69) is 21.2 Å². The van der Waals surface area contributed by atoms with Crippen LogP contribution in [0.15, 0.2) is 22.7 Å². The normalized spacial score (nSPS) is 21.4. The minimum atomic E-state index is -0.820. The van der Waals surface area contributed by atoms with Crippen LogP contribution >= 0.6 is 15.9 Å². The number of benzene rings is 1. The molecule has 2 N–H and O–H groups in total. The van der Waals surface area contributed by atoms with Gasteiger partial charge in [0.15, 0.2) is 0 Å². The molecular weight excluding hydrogens is 336 g/mol. The van der Waals surface area contributed by atoms with E-state index in [4.69, 9.17) is 0 Å². The summed E-state index contributed by atoms with van der Waals surface area (Å²) in [5, 5.41) is 12.2. The Morgan fingerprint density at radius 2 is 2.19 bits per heavy atom. The van der Waals surface area contributed by atoms with E-state index in [1.807, 2.05) is 32.0 Å². The van der Waals surface area contributed by atoms with Gasteiger partial charge in [0.1, 0.15) is 0 Å². The molecule has 114 valence electrons. The minimum Gasteiger partial charge on any atom is -0.481 e. The first-order valence-corrected chi connectivity index (χ1v) is 7.73. The fourth-order valence-electron chi connectivity index (χ4n) is 2.60. The highest BCUT2D eigenvalue weighted by Crippen LogP contribution is 2.34. The van der Waals surface area contributed by atoms with Gasteiger partial charge in [-0.2, -0.15) is 0 Å². The van der Waals surface area contributed by atoms with E-state index in [-0.39, 0.29) is 12.6 Å². The number of carbonyl (C=O) groups excluding carboxylic acids is 1. The molecule has 2 amide bonds. The first kappa shape index (κ1) is 15.8. The molecule has 1 heterocycles. The molecule has 1 aliphatic heterocycles. The second-order valence-electron chi connectivity index (χ2n) is 5.45. The first-order valence-electron chi connectivity index (χ1n) is 6.94. The Morgan fingerprint density at radius 1 is 1.48 bits per heavy atom. The standard InChI is InChI=1S/C15H19BrN2O3/c1-3-15(13(19)20)7-8-18(9-15)14(21)17-12-6-4-5-11(16)10(12)2/h4-6H,3,7-9H2,1-2H3,(H,17,21)(H,19,20). The van der Waals surface area contributed by atoms with Crippen LogP contribution in [0.1, 0.15) is 25.3 Å². The van der Waals surface area contributed by atoms with Gasteiger partial charge in [0.25, 0.3) is 0 Å². The Morgan fingerprint density at radius 3 is 2.76 bits per heavy atom. The van der Waals surface area contributed by atoms with Crippen molar-refractivity contribution < 1.29 is 14.7 Å². The molecule has 21 heavy (non-hydrogen) atoms. The maximum Gasteiger partial charge on any atom is 0.321 e. The van der Waals surface area contributed by atoms with Crippen LogP contribution in [0.5, 0.6) is 0 Å². The van der Waals surface area contributed by atoms with Crippen molar-refractivity contribution in [1.82, 2.24) is 4.90 Å². The Balaban J connectivity index is 2.09. The highest BCUT2D eigenvalue weighted by Gasteiger charge is 2.44. The molecule has 1 aliphatic rings. The number of carboxylic acid groups (broad SMARTS) is 1. The Labute approximate surface area is 132 Å². The van der Waals surface area contributed by atoms with E-state index in [1.165, 1.54) is 0 Å². The van der Waals surface area contributed by atoms with Gasteiger partial charge in [0.2, 0.25) is 0 Å². The van der Waals surface area contributed by atoms with Crippen molar-refractivity contribution >= 4 is 33.6 Å². The van der Waals surface area contributed by atoms with Crippen molar-refractivity contribution in [3.63, 3.8) is 0 Å². The van der Waals surface area contributed by atoms with Crippen LogP contribution in [0.25, 0.3) is 0 Å². The minimum absolute atomic E-state index is 0.243. The summed E-state index contributed by atoms with van der Waals surface area (Å²) in [4.78, 5) is 25.3. The molecule has 0 aliphatic carbocycles. The molecule has 1 aromatic rings. The molecule has 1 saturated heterocycles. The number of nitrogens with zero attached hydrogens (tertiary/aromatic N) is 1. The number of hydrogen-bond acceptors (Lipinski definition) is 2. The molecule has 0 aromatic heterocycles. The summed E-state index contributed by atoms with van der Waals surface area (Å²) < 4.78 is 0.926. The number of hydrogen-bond donors (Lipinski definition) is 2. The molecule has 2 rings (SSSR count). The summed E-state index contributed by atoms with van der Waals surface area (Å²) >= 11 is 3.43. The van der Waals surface area contributed by atoms with Crippen molar-refractivity contribution in [2.24, 2.45) is 5.41 Å². The second kappa shape index (κ2) is 6.05. The van der Waals surface area contributed by atoms with Gasteiger partial charge in [-0.25, -0.2) is 4.79 Å². The number of aliphatic carboxylic acids is 1. The lowest BCUT2D eigenvalue weighted by Gasteiger charge is -2.23. The van der Waals surface area contributed by atoms with Gasteiger partial charge in [0, 0.05) is 23.2 Å². The van der Waals surface area contributed by atoms with Crippen LogP contribution in [0.3, 0.4) is 0 Å². The van der Waals surface area contributed by atoms with Crippen molar-refractivity contribution in [3.05, 3.63) is 28.2 Å². The third-order valence-corrected chi connectivity index (χ3v) is 5.14. The smallest absolute Gasteiger partial charge is 0.321 e. The summed E-state index contributed by atoms with van der Waals surface area (Å²) in [6.45, 7) is 4.50. The third kappa shape index (κ3) is 3.05. The Kier molecular flexibility index (Phi) is 4.56. The quantitative estimate of drug-likeness (QED) is 0.872. The molecule has 0 bridgehead atoms. The predicted molar refractivity (Wildman–Crippen MR) is 84.4 cm³/mol. The lowest BCUT2D eigenvalue weighted by Crippen LogP contribution is -2.38. The number of carbonyl (C=O) groups is 2. The molecule has 0 spiro atoms. The van der Waals surface area contributed by atoms with Crippen molar-refractivity contribution in [2.75, 3.05) is 18.4 Å². The van der Waals surface area contributed by atoms with E-state index >= 15 is 0 Å². The Hall–Kier alpha value is -1.56. The first-order chi connectivity index (χ1) is 9.89. The molecule has 5 nitrogen and oxygen atoms in total. The van der Waals surface area contributed by atoms with Crippen LogP contribution < -0.4 is 5.32 Å². The average molecular weight is 355 g/mol. The lowest BCUT2D eigenvalue weighted by molar-refractivity contribution is -0.148. The van der Waals surface area contributed by atoms with Gasteiger partial charge >= 0.3 is 12.0 Å². The number of anilines is 1. The van der Waals surface area contributed by atoms with Crippen molar-refractivity contribution in [3.8, 4) is 0 Å². The summed E-state index contributed by atoms with van der Waals surface area (Å²) in [5.41, 5.74) is 0.882. The highest BCUT2D eigenvalue weighted by molar-refractivity contribution is 9.10. The molecule has 0 saturated carbocycles. The summed E-state index contributed by atoms with van der Waals surface area (Å²) in [5.74, 6) is -0.820. The zero-order valence-corrected chi connectivity index (χ0v) is 13.7. The van der Waals surface area contributed by atoms with E-state index < -0.39 is 11.4 Å². The molecule has 1 aromatic carbocycles. The monoisotopic (exact) mass is 354 g/mol. The zero-order valence-electron chi connectivity index (χ0n) is 12.1. The molecule has 6 heteroatoms. The SMILES string of the molecule is CCC1(C(=O)O)CCN(C(=O)Nc2cccc(Br)c2C)C1. The second-order valence-corrected chi connectivity index (χ2v) is 6.31. The number of amides is 2. The van der Waals surface area contributed by atoms with E-state index in [1.54, 1.807) is 4.90 Å². The van der Waals surface area contributed by atoms with Crippen LogP contribution in [0.2, 0.25) is 0 Å². The number of rotatable bonds is 3. The number of nitrogens with one attached hydrogen (secondary N) is 1.